The van der Waals surface area contributed by atoms with Crippen molar-refractivity contribution in [2.24, 2.45) is 5.73 Å². The van der Waals surface area contributed by atoms with Crippen molar-refractivity contribution in [3.05, 3.63) is 11.9 Å². The fraction of sp³-hybridized carbons (Fsp3) is 0. The van der Waals surface area contributed by atoms with Crippen LogP contribution in [0, 0.1) is 5.41 Å². The lowest BCUT2D eigenvalue weighted by Gasteiger charge is -1.82. The summed E-state index contributed by atoms with van der Waals surface area (Å²) in [4.78, 5) is 0. The molecule has 0 saturated carbocycles. The van der Waals surface area contributed by atoms with Crippen LogP contribution in [-0.2, 0) is 0 Å². The number of hydrogen-bond acceptors (Lipinski definition) is 4. The van der Waals surface area contributed by atoms with Crippen molar-refractivity contribution in [2.45, 2.75) is 0 Å². The standard InChI is InChI=1S/C3H4N4S/c4-3(5)2-1-6-8-7-2/h1H,(H3,4,5). The van der Waals surface area contributed by atoms with E-state index >= 15 is 0 Å². The van der Waals surface area contributed by atoms with Gasteiger partial charge in [-0.3, -0.25) is 5.41 Å². The molecule has 0 saturated heterocycles. The second-order valence-corrected chi connectivity index (χ2v) is 1.76. The van der Waals surface area contributed by atoms with Crippen LogP contribution in [0.3, 0.4) is 0 Å². The van der Waals surface area contributed by atoms with E-state index < -0.39 is 0 Å². The number of nitrogens with zero attached hydrogens (tertiary/aromatic N) is 2. The molecule has 3 N–H and O–H groups in total. The maximum atomic E-state index is 6.83. The van der Waals surface area contributed by atoms with Crippen molar-refractivity contribution in [3.8, 4) is 0 Å². The number of aromatic nitrogens is 2. The molecule has 0 atom stereocenters. The van der Waals surface area contributed by atoms with Crippen molar-refractivity contribution < 1.29 is 0 Å². The fourth-order valence-electron chi connectivity index (χ4n) is 0.283. The molecule has 4 nitrogen and oxygen atoms in total. The van der Waals surface area contributed by atoms with E-state index in [1.165, 1.54) is 6.20 Å². The monoisotopic (exact) mass is 128 g/mol. The molecule has 1 heterocycles. The average Bonchev–Trinajstić information content (AvgIpc) is 2.12. The Morgan fingerprint density at radius 3 is 2.88 bits per heavy atom. The van der Waals surface area contributed by atoms with Crippen LogP contribution in [0.4, 0.5) is 0 Å². The smallest absolute Gasteiger partial charge is 0.144 e. The van der Waals surface area contributed by atoms with Crippen molar-refractivity contribution in [2.75, 3.05) is 0 Å². The van der Waals surface area contributed by atoms with Gasteiger partial charge in [-0.15, -0.1) is 0 Å². The van der Waals surface area contributed by atoms with Gasteiger partial charge >= 0.3 is 0 Å². The number of nitrogens with one attached hydrogen (secondary N) is 1. The Morgan fingerprint density at radius 1 is 1.88 bits per heavy atom. The average molecular weight is 128 g/mol. The first kappa shape index (κ1) is 5.17. The molecule has 0 radical (unpaired) electrons. The summed E-state index contributed by atoms with van der Waals surface area (Å²) in [5.74, 6) is -0.0289. The van der Waals surface area contributed by atoms with Gasteiger partial charge in [0.05, 0.1) is 17.9 Å². The third kappa shape index (κ3) is 0.812. The van der Waals surface area contributed by atoms with Crippen molar-refractivity contribution in [1.29, 1.82) is 5.41 Å². The van der Waals surface area contributed by atoms with E-state index in [0.29, 0.717) is 5.69 Å². The molecule has 0 amide bonds. The van der Waals surface area contributed by atoms with Gasteiger partial charge in [0.25, 0.3) is 0 Å². The van der Waals surface area contributed by atoms with Crippen LogP contribution in [0.25, 0.3) is 0 Å². The topological polar surface area (TPSA) is 75.7 Å². The Morgan fingerprint density at radius 2 is 2.62 bits per heavy atom. The first-order valence-corrected chi connectivity index (χ1v) is 2.65. The lowest BCUT2D eigenvalue weighted by molar-refractivity contribution is 1.36. The van der Waals surface area contributed by atoms with E-state index in [0.717, 1.165) is 11.7 Å². The molecular formula is C3H4N4S. The molecule has 0 aliphatic carbocycles. The van der Waals surface area contributed by atoms with Gasteiger partial charge in [0.1, 0.15) is 11.5 Å². The van der Waals surface area contributed by atoms with Gasteiger partial charge in [-0.2, -0.15) is 8.75 Å². The van der Waals surface area contributed by atoms with Crippen LogP contribution >= 0.6 is 11.7 Å². The Hall–Kier alpha value is -0.970. The molecule has 0 aliphatic rings. The quantitative estimate of drug-likeness (QED) is 0.407. The summed E-state index contributed by atoms with van der Waals surface area (Å²) < 4.78 is 7.35. The van der Waals surface area contributed by atoms with E-state index in [9.17, 15) is 0 Å². The van der Waals surface area contributed by atoms with E-state index in [4.69, 9.17) is 11.1 Å². The molecule has 0 spiro atoms. The molecule has 42 valence electrons. The van der Waals surface area contributed by atoms with Crippen molar-refractivity contribution in [3.63, 3.8) is 0 Å². The first-order valence-electron chi connectivity index (χ1n) is 1.92. The highest BCUT2D eigenvalue weighted by Gasteiger charge is 1.95. The second kappa shape index (κ2) is 1.87. The van der Waals surface area contributed by atoms with Gasteiger partial charge in [0.15, 0.2) is 0 Å². The minimum Gasteiger partial charge on any atom is -0.382 e. The Kier molecular flexibility index (Phi) is 1.21. The van der Waals surface area contributed by atoms with Gasteiger partial charge in [0, 0.05) is 0 Å². The molecule has 0 aromatic carbocycles. The lowest BCUT2D eigenvalue weighted by Crippen LogP contribution is -2.10. The SMILES string of the molecule is N=C(N)c1cnsn1. The summed E-state index contributed by atoms with van der Waals surface area (Å²) in [5.41, 5.74) is 5.50. The summed E-state index contributed by atoms with van der Waals surface area (Å²) >= 11 is 1.05. The number of rotatable bonds is 1. The molecule has 0 fully saturated rings. The lowest BCUT2D eigenvalue weighted by atomic mass is 10.5. The Labute approximate surface area is 50.2 Å². The van der Waals surface area contributed by atoms with E-state index in [2.05, 4.69) is 8.75 Å². The Bertz CT molecular complexity index is 179. The highest BCUT2D eigenvalue weighted by molar-refractivity contribution is 6.99. The zero-order valence-corrected chi connectivity index (χ0v) is 4.77. The van der Waals surface area contributed by atoms with Crippen molar-refractivity contribution >= 4 is 17.6 Å². The molecule has 8 heavy (non-hydrogen) atoms. The molecule has 0 aliphatic heterocycles. The van der Waals surface area contributed by atoms with E-state index in [1.807, 2.05) is 0 Å². The molecule has 1 aromatic heterocycles. The maximum Gasteiger partial charge on any atom is 0.144 e. The molecular weight excluding hydrogens is 124 g/mol. The Balaban J connectivity index is 2.93. The predicted molar refractivity (Wildman–Crippen MR) is 30.9 cm³/mol. The summed E-state index contributed by atoms with van der Waals surface area (Å²) in [5, 5.41) is 6.83. The van der Waals surface area contributed by atoms with Crippen molar-refractivity contribution in [1.82, 2.24) is 8.75 Å². The highest BCUT2D eigenvalue weighted by atomic mass is 32.1. The third-order valence-corrected chi connectivity index (χ3v) is 1.12. The number of nitrogens with two attached hydrogens (primary N) is 1. The molecule has 1 aromatic rings. The van der Waals surface area contributed by atoms with Gasteiger partial charge in [0.2, 0.25) is 0 Å². The van der Waals surface area contributed by atoms with Crippen LogP contribution in [0.1, 0.15) is 5.69 Å². The second-order valence-electron chi connectivity index (χ2n) is 1.21. The van der Waals surface area contributed by atoms with Gasteiger partial charge < -0.3 is 5.73 Å². The summed E-state index contributed by atoms with van der Waals surface area (Å²) in [6.07, 6.45) is 1.47. The fourth-order valence-corrected chi connectivity index (χ4v) is 0.711. The number of amidine groups is 1. The normalized spacial score (nSPS) is 9.00. The first-order chi connectivity index (χ1) is 3.80. The number of hydrogen-bond donors (Lipinski definition) is 2. The summed E-state index contributed by atoms with van der Waals surface area (Å²) in [6.45, 7) is 0. The van der Waals surface area contributed by atoms with Gasteiger partial charge in [-0.1, -0.05) is 0 Å². The third-order valence-electron chi connectivity index (χ3n) is 0.637. The van der Waals surface area contributed by atoms with E-state index in [1.54, 1.807) is 0 Å². The van der Waals surface area contributed by atoms with E-state index in [-0.39, 0.29) is 5.84 Å². The zero-order valence-electron chi connectivity index (χ0n) is 3.96. The van der Waals surface area contributed by atoms with Crippen LogP contribution in [-0.4, -0.2) is 14.6 Å². The molecule has 0 bridgehead atoms. The van der Waals surface area contributed by atoms with Gasteiger partial charge in [-0.05, 0) is 0 Å². The van der Waals surface area contributed by atoms with Crippen LogP contribution in [0.5, 0.6) is 0 Å². The molecule has 0 unspecified atom stereocenters. The molecule has 5 heteroatoms. The molecule has 1 rings (SSSR count). The predicted octanol–water partition coefficient (Wildman–Crippen LogP) is -0.178. The largest absolute Gasteiger partial charge is 0.382 e. The maximum absolute atomic E-state index is 6.83. The van der Waals surface area contributed by atoms with Crippen LogP contribution in [0.15, 0.2) is 6.20 Å². The minimum absolute atomic E-state index is 0.0289. The number of nitrogen functional groups attached to an aromatic ring is 1. The summed E-state index contributed by atoms with van der Waals surface area (Å²) in [7, 11) is 0. The minimum atomic E-state index is -0.0289. The highest BCUT2D eigenvalue weighted by Crippen LogP contribution is 1.90. The van der Waals surface area contributed by atoms with Crippen LogP contribution in [0.2, 0.25) is 0 Å². The van der Waals surface area contributed by atoms with Gasteiger partial charge in [-0.25, -0.2) is 0 Å². The summed E-state index contributed by atoms with van der Waals surface area (Å²) in [6, 6.07) is 0. The van der Waals surface area contributed by atoms with Crippen LogP contribution < -0.4 is 5.73 Å². The zero-order chi connectivity index (χ0) is 5.98.